The third-order valence-electron chi connectivity index (χ3n) is 3.77. The Hall–Kier alpha value is -0.860. The summed E-state index contributed by atoms with van der Waals surface area (Å²) in [5.74, 6) is 0.712. The lowest BCUT2D eigenvalue weighted by molar-refractivity contribution is 0.0537. The van der Waals surface area contributed by atoms with E-state index in [9.17, 15) is 0 Å². The molecule has 1 heterocycles. The van der Waals surface area contributed by atoms with Crippen molar-refractivity contribution in [2.75, 3.05) is 19.8 Å². The minimum absolute atomic E-state index is 0.592. The topological polar surface area (TPSA) is 21.3 Å². The van der Waals surface area contributed by atoms with E-state index in [4.69, 9.17) is 4.74 Å². The van der Waals surface area contributed by atoms with Crippen LogP contribution in [0.1, 0.15) is 31.7 Å². The summed E-state index contributed by atoms with van der Waals surface area (Å²) in [4.78, 5) is 0. The summed E-state index contributed by atoms with van der Waals surface area (Å²) >= 11 is 0. The van der Waals surface area contributed by atoms with E-state index in [-0.39, 0.29) is 0 Å². The predicted molar refractivity (Wildman–Crippen MR) is 75.8 cm³/mol. The molecule has 100 valence electrons. The fraction of sp³-hybridized carbons (Fsp3) is 0.625. The van der Waals surface area contributed by atoms with E-state index in [2.05, 4.69) is 42.6 Å². The molecule has 1 aromatic carbocycles. The molecule has 1 aromatic rings. The molecule has 2 atom stereocenters. The van der Waals surface area contributed by atoms with E-state index < -0.39 is 0 Å². The van der Waals surface area contributed by atoms with Crippen molar-refractivity contribution in [1.29, 1.82) is 0 Å². The molecule has 0 amide bonds. The molecule has 0 spiro atoms. The van der Waals surface area contributed by atoms with Gasteiger partial charge >= 0.3 is 0 Å². The average molecular weight is 247 g/mol. The van der Waals surface area contributed by atoms with Gasteiger partial charge in [0.2, 0.25) is 0 Å². The molecule has 0 saturated carbocycles. The van der Waals surface area contributed by atoms with E-state index in [1.54, 1.807) is 0 Å². The van der Waals surface area contributed by atoms with E-state index >= 15 is 0 Å². The van der Waals surface area contributed by atoms with Gasteiger partial charge < -0.3 is 10.1 Å². The molecule has 1 saturated heterocycles. The van der Waals surface area contributed by atoms with Crippen LogP contribution in [0.3, 0.4) is 0 Å². The van der Waals surface area contributed by atoms with Crippen molar-refractivity contribution in [2.45, 2.75) is 38.6 Å². The minimum atomic E-state index is 0.592. The summed E-state index contributed by atoms with van der Waals surface area (Å²) in [7, 11) is 0. The highest BCUT2D eigenvalue weighted by Gasteiger charge is 2.15. The van der Waals surface area contributed by atoms with Gasteiger partial charge in [-0.3, -0.25) is 0 Å². The SMILES string of the molecule is CCC(Cc1ccccc1)NCC1CCCOC1. The molecule has 1 aliphatic rings. The monoisotopic (exact) mass is 247 g/mol. The minimum Gasteiger partial charge on any atom is -0.381 e. The van der Waals surface area contributed by atoms with Gasteiger partial charge in [0.1, 0.15) is 0 Å². The second-order valence-electron chi connectivity index (χ2n) is 5.29. The molecule has 2 heteroatoms. The van der Waals surface area contributed by atoms with Crippen LogP contribution in [-0.2, 0) is 11.2 Å². The number of hydrogen-bond donors (Lipinski definition) is 1. The third-order valence-corrected chi connectivity index (χ3v) is 3.77. The van der Waals surface area contributed by atoms with Crippen molar-refractivity contribution < 1.29 is 4.74 Å². The van der Waals surface area contributed by atoms with Crippen LogP contribution in [0.2, 0.25) is 0 Å². The maximum Gasteiger partial charge on any atom is 0.0506 e. The fourth-order valence-corrected chi connectivity index (χ4v) is 2.56. The highest BCUT2D eigenvalue weighted by atomic mass is 16.5. The summed E-state index contributed by atoms with van der Waals surface area (Å²) in [5.41, 5.74) is 1.43. The summed E-state index contributed by atoms with van der Waals surface area (Å²) in [6.45, 7) is 5.26. The zero-order valence-electron chi connectivity index (χ0n) is 11.4. The normalized spacial score (nSPS) is 21.7. The Morgan fingerprint density at radius 3 is 2.83 bits per heavy atom. The first kappa shape index (κ1) is 13.6. The van der Waals surface area contributed by atoms with Crippen molar-refractivity contribution in [3.05, 3.63) is 35.9 Å². The van der Waals surface area contributed by atoms with Crippen molar-refractivity contribution in [1.82, 2.24) is 5.32 Å². The first-order valence-electron chi connectivity index (χ1n) is 7.23. The van der Waals surface area contributed by atoms with Crippen LogP contribution in [0.4, 0.5) is 0 Å². The molecule has 1 N–H and O–H groups in total. The van der Waals surface area contributed by atoms with Gasteiger partial charge in [-0.2, -0.15) is 0 Å². The Kier molecular flexibility index (Phi) is 5.69. The van der Waals surface area contributed by atoms with Crippen molar-refractivity contribution >= 4 is 0 Å². The lowest BCUT2D eigenvalue weighted by Crippen LogP contribution is -2.37. The zero-order valence-corrected chi connectivity index (χ0v) is 11.4. The molecule has 1 aliphatic heterocycles. The van der Waals surface area contributed by atoms with Crippen LogP contribution in [0.15, 0.2) is 30.3 Å². The van der Waals surface area contributed by atoms with Crippen molar-refractivity contribution in [2.24, 2.45) is 5.92 Å². The molecule has 2 rings (SSSR count). The number of ether oxygens (including phenoxy) is 1. The molecule has 1 fully saturated rings. The molecule has 0 aliphatic carbocycles. The Morgan fingerprint density at radius 1 is 1.33 bits per heavy atom. The Labute approximate surface area is 111 Å². The standard InChI is InChI=1S/C16H25NO/c1-2-16(11-14-7-4-3-5-8-14)17-12-15-9-6-10-18-13-15/h3-5,7-8,15-17H,2,6,9-13H2,1H3. The molecule has 18 heavy (non-hydrogen) atoms. The predicted octanol–water partition coefficient (Wildman–Crippen LogP) is 3.02. The van der Waals surface area contributed by atoms with Gasteiger partial charge in [0.25, 0.3) is 0 Å². The van der Waals surface area contributed by atoms with Gasteiger partial charge in [-0.1, -0.05) is 37.3 Å². The molecular formula is C16H25NO. The Morgan fingerprint density at radius 2 is 2.17 bits per heavy atom. The van der Waals surface area contributed by atoms with E-state index in [0.29, 0.717) is 12.0 Å². The molecular weight excluding hydrogens is 222 g/mol. The number of hydrogen-bond acceptors (Lipinski definition) is 2. The summed E-state index contributed by atoms with van der Waals surface area (Å²) in [6.07, 6.45) is 4.85. The van der Waals surface area contributed by atoms with Crippen molar-refractivity contribution in [3.63, 3.8) is 0 Å². The second-order valence-corrected chi connectivity index (χ2v) is 5.29. The van der Waals surface area contributed by atoms with Crippen LogP contribution in [-0.4, -0.2) is 25.8 Å². The quantitative estimate of drug-likeness (QED) is 0.834. The van der Waals surface area contributed by atoms with Crippen LogP contribution >= 0.6 is 0 Å². The fourth-order valence-electron chi connectivity index (χ4n) is 2.56. The van der Waals surface area contributed by atoms with Crippen LogP contribution in [0, 0.1) is 5.92 Å². The summed E-state index contributed by atoms with van der Waals surface area (Å²) in [5, 5.41) is 3.71. The van der Waals surface area contributed by atoms with E-state index in [1.807, 2.05) is 0 Å². The van der Waals surface area contributed by atoms with Gasteiger partial charge in [0.05, 0.1) is 6.61 Å². The lowest BCUT2D eigenvalue weighted by Gasteiger charge is -2.25. The molecule has 0 radical (unpaired) electrons. The number of rotatable bonds is 6. The molecule has 0 bridgehead atoms. The highest BCUT2D eigenvalue weighted by molar-refractivity contribution is 5.15. The maximum absolute atomic E-state index is 5.53. The Bertz CT molecular complexity index is 319. The van der Waals surface area contributed by atoms with Crippen LogP contribution in [0.25, 0.3) is 0 Å². The highest BCUT2D eigenvalue weighted by Crippen LogP contribution is 2.13. The van der Waals surface area contributed by atoms with E-state index in [1.165, 1.54) is 24.8 Å². The van der Waals surface area contributed by atoms with E-state index in [0.717, 1.165) is 26.2 Å². The smallest absolute Gasteiger partial charge is 0.0506 e. The lowest BCUT2D eigenvalue weighted by atomic mass is 10.00. The first-order chi connectivity index (χ1) is 8.88. The maximum atomic E-state index is 5.53. The second kappa shape index (κ2) is 7.55. The van der Waals surface area contributed by atoms with Gasteiger partial charge in [0, 0.05) is 19.2 Å². The molecule has 2 nitrogen and oxygen atoms in total. The summed E-state index contributed by atoms with van der Waals surface area (Å²) in [6, 6.07) is 11.3. The van der Waals surface area contributed by atoms with Gasteiger partial charge in [-0.15, -0.1) is 0 Å². The largest absolute Gasteiger partial charge is 0.381 e. The van der Waals surface area contributed by atoms with Crippen molar-refractivity contribution in [3.8, 4) is 0 Å². The van der Waals surface area contributed by atoms with Crippen LogP contribution in [0.5, 0.6) is 0 Å². The Balaban J connectivity index is 1.75. The zero-order chi connectivity index (χ0) is 12.6. The average Bonchev–Trinajstić information content (AvgIpc) is 2.45. The third kappa shape index (κ3) is 4.43. The van der Waals surface area contributed by atoms with Gasteiger partial charge in [0.15, 0.2) is 0 Å². The van der Waals surface area contributed by atoms with Gasteiger partial charge in [-0.05, 0) is 37.2 Å². The first-order valence-corrected chi connectivity index (χ1v) is 7.23. The molecule has 2 unspecified atom stereocenters. The van der Waals surface area contributed by atoms with Gasteiger partial charge in [-0.25, -0.2) is 0 Å². The number of nitrogens with one attached hydrogen (secondary N) is 1. The summed E-state index contributed by atoms with van der Waals surface area (Å²) < 4.78 is 5.53. The molecule has 0 aromatic heterocycles. The number of benzene rings is 1. The van der Waals surface area contributed by atoms with Crippen LogP contribution < -0.4 is 5.32 Å².